The minimum atomic E-state index is -4.62. The van der Waals surface area contributed by atoms with Crippen LogP contribution in [0.2, 0.25) is 0 Å². The molecule has 0 bridgehead atoms. The molecule has 1 unspecified atom stereocenters. The Morgan fingerprint density at radius 3 is 2.29 bits per heavy atom. The molecule has 0 aliphatic carbocycles. The van der Waals surface area contributed by atoms with Crippen LogP contribution in [0.1, 0.15) is 17.3 Å². The van der Waals surface area contributed by atoms with E-state index in [1.165, 1.54) is 0 Å². The number of benzene rings is 1. The summed E-state index contributed by atoms with van der Waals surface area (Å²) in [6.45, 7) is 0.337. The predicted octanol–water partition coefficient (Wildman–Crippen LogP) is 3.50. The number of hydrogen-bond donors (Lipinski definition) is 0. The standard InChI is InChI=1S/C11H9F5O/c12-9-3-7(11(14,15)16)1-2-8(9)10(13)6-4-17-5-6/h1-3,6,10H,4-5H2. The van der Waals surface area contributed by atoms with E-state index in [2.05, 4.69) is 0 Å². The second kappa shape index (κ2) is 4.25. The predicted molar refractivity (Wildman–Crippen MR) is 49.6 cm³/mol. The van der Waals surface area contributed by atoms with E-state index in [9.17, 15) is 22.0 Å². The molecule has 0 radical (unpaired) electrons. The Hall–Kier alpha value is -1.17. The van der Waals surface area contributed by atoms with Gasteiger partial charge in [0.1, 0.15) is 12.0 Å². The average molecular weight is 252 g/mol. The molecular weight excluding hydrogens is 243 g/mol. The van der Waals surface area contributed by atoms with E-state index in [0.717, 1.165) is 6.07 Å². The maximum atomic E-state index is 13.7. The Balaban J connectivity index is 2.25. The fourth-order valence-electron chi connectivity index (χ4n) is 1.60. The molecule has 1 aliphatic rings. The van der Waals surface area contributed by atoms with E-state index in [1.807, 2.05) is 0 Å². The van der Waals surface area contributed by atoms with Gasteiger partial charge in [-0.1, -0.05) is 6.07 Å². The highest BCUT2D eigenvalue weighted by molar-refractivity contribution is 5.28. The van der Waals surface area contributed by atoms with Crippen LogP contribution < -0.4 is 0 Å². The maximum absolute atomic E-state index is 13.7. The van der Waals surface area contributed by atoms with Crippen molar-refractivity contribution in [1.29, 1.82) is 0 Å². The molecule has 0 aromatic heterocycles. The zero-order chi connectivity index (χ0) is 12.6. The van der Waals surface area contributed by atoms with Crippen molar-refractivity contribution in [2.24, 2.45) is 5.92 Å². The quantitative estimate of drug-likeness (QED) is 0.732. The van der Waals surface area contributed by atoms with Gasteiger partial charge in [-0.25, -0.2) is 8.78 Å². The molecule has 94 valence electrons. The van der Waals surface area contributed by atoms with Crippen molar-refractivity contribution in [2.75, 3.05) is 13.2 Å². The third-order valence-corrected chi connectivity index (χ3v) is 2.70. The average Bonchev–Trinajstić information content (AvgIpc) is 2.12. The second-order valence-electron chi connectivity index (χ2n) is 3.93. The molecule has 0 N–H and O–H groups in total. The lowest BCUT2D eigenvalue weighted by Crippen LogP contribution is -2.31. The van der Waals surface area contributed by atoms with E-state index in [-0.39, 0.29) is 18.8 Å². The number of alkyl halides is 4. The van der Waals surface area contributed by atoms with Crippen LogP contribution in [0.15, 0.2) is 18.2 Å². The lowest BCUT2D eigenvalue weighted by molar-refractivity contribution is -0.137. The van der Waals surface area contributed by atoms with Gasteiger partial charge in [0.15, 0.2) is 0 Å². The van der Waals surface area contributed by atoms with Crippen molar-refractivity contribution in [3.05, 3.63) is 35.1 Å². The van der Waals surface area contributed by atoms with Crippen molar-refractivity contribution in [1.82, 2.24) is 0 Å². The smallest absolute Gasteiger partial charge is 0.380 e. The summed E-state index contributed by atoms with van der Waals surface area (Å²) >= 11 is 0. The summed E-state index contributed by atoms with van der Waals surface area (Å²) < 4.78 is 68.6. The molecule has 1 atom stereocenters. The van der Waals surface area contributed by atoms with Gasteiger partial charge in [-0.15, -0.1) is 0 Å². The normalized spacial score (nSPS) is 18.9. The number of rotatable bonds is 2. The highest BCUT2D eigenvalue weighted by Crippen LogP contribution is 2.36. The van der Waals surface area contributed by atoms with Crippen molar-refractivity contribution in [3.63, 3.8) is 0 Å². The molecule has 1 aliphatic heterocycles. The minimum Gasteiger partial charge on any atom is -0.380 e. The van der Waals surface area contributed by atoms with E-state index >= 15 is 0 Å². The van der Waals surface area contributed by atoms with Gasteiger partial charge >= 0.3 is 6.18 Å². The first-order valence-electron chi connectivity index (χ1n) is 4.98. The van der Waals surface area contributed by atoms with E-state index in [0.29, 0.717) is 12.1 Å². The topological polar surface area (TPSA) is 9.23 Å². The molecule has 1 aromatic rings. The molecule has 0 spiro atoms. The summed E-state index contributed by atoms with van der Waals surface area (Å²) in [4.78, 5) is 0. The van der Waals surface area contributed by atoms with Crippen molar-refractivity contribution < 1.29 is 26.7 Å². The van der Waals surface area contributed by atoms with E-state index in [1.54, 1.807) is 0 Å². The van der Waals surface area contributed by atoms with Crippen LogP contribution in [0.4, 0.5) is 22.0 Å². The largest absolute Gasteiger partial charge is 0.416 e. The van der Waals surface area contributed by atoms with Crippen LogP contribution in [-0.2, 0) is 10.9 Å². The third kappa shape index (κ3) is 2.41. The lowest BCUT2D eigenvalue weighted by Gasteiger charge is -2.29. The zero-order valence-electron chi connectivity index (χ0n) is 8.60. The van der Waals surface area contributed by atoms with Gasteiger partial charge in [-0.2, -0.15) is 13.2 Å². The van der Waals surface area contributed by atoms with Gasteiger partial charge in [0, 0.05) is 11.5 Å². The maximum Gasteiger partial charge on any atom is 0.416 e. The molecule has 1 fully saturated rings. The molecule has 1 aromatic carbocycles. The minimum absolute atomic E-state index is 0.168. The first-order chi connectivity index (χ1) is 7.89. The summed E-state index contributed by atoms with van der Waals surface area (Å²) in [6.07, 6.45) is -6.24. The number of hydrogen-bond acceptors (Lipinski definition) is 1. The Labute approximate surface area is 94.2 Å². The van der Waals surface area contributed by atoms with Gasteiger partial charge in [-0.05, 0) is 12.1 Å². The van der Waals surface area contributed by atoms with Crippen LogP contribution in [0.3, 0.4) is 0 Å². The van der Waals surface area contributed by atoms with Crippen molar-refractivity contribution in [3.8, 4) is 0 Å². The Kier molecular flexibility index (Phi) is 3.07. The van der Waals surface area contributed by atoms with E-state index < -0.39 is 29.6 Å². The fourth-order valence-corrected chi connectivity index (χ4v) is 1.60. The number of halogens is 5. The molecule has 0 saturated carbocycles. The van der Waals surface area contributed by atoms with Crippen LogP contribution in [0.5, 0.6) is 0 Å². The first-order valence-corrected chi connectivity index (χ1v) is 4.98. The molecule has 6 heteroatoms. The van der Waals surface area contributed by atoms with Gasteiger partial charge < -0.3 is 4.74 Å². The zero-order valence-corrected chi connectivity index (χ0v) is 8.60. The third-order valence-electron chi connectivity index (χ3n) is 2.70. The first kappa shape index (κ1) is 12.3. The Morgan fingerprint density at radius 2 is 1.88 bits per heavy atom. The van der Waals surface area contributed by atoms with Crippen LogP contribution in [0.25, 0.3) is 0 Å². The molecule has 0 amide bonds. The summed E-state index contributed by atoms with van der Waals surface area (Å²) in [5.41, 5.74) is -1.46. The Morgan fingerprint density at radius 1 is 1.24 bits per heavy atom. The fraction of sp³-hybridized carbons (Fsp3) is 0.455. The summed E-state index contributed by atoms with van der Waals surface area (Å²) in [7, 11) is 0. The lowest BCUT2D eigenvalue weighted by atomic mass is 9.94. The van der Waals surface area contributed by atoms with E-state index in [4.69, 9.17) is 4.74 Å². The van der Waals surface area contributed by atoms with Crippen molar-refractivity contribution >= 4 is 0 Å². The Bertz CT molecular complexity index is 411. The van der Waals surface area contributed by atoms with Gasteiger partial charge in [0.2, 0.25) is 0 Å². The molecular formula is C11H9F5O. The SMILES string of the molecule is Fc1cc(C(F)(F)F)ccc1C(F)C1COC1. The number of ether oxygens (including phenoxy) is 1. The molecule has 1 nitrogen and oxygen atoms in total. The van der Waals surface area contributed by atoms with Crippen LogP contribution in [-0.4, -0.2) is 13.2 Å². The molecule has 17 heavy (non-hydrogen) atoms. The molecule has 1 heterocycles. The van der Waals surface area contributed by atoms with Gasteiger partial charge in [0.25, 0.3) is 0 Å². The molecule has 1 saturated heterocycles. The summed E-state index contributed by atoms with van der Waals surface area (Å²) in [5.74, 6) is -1.64. The van der Waals surface area contributed by atoms with Crippen LogP contribution in [0, 0.1) is 11.7 Å². The highest BCUT2D eigenvalue weighted by atomic mass is 19.4. The molecule has 2 rings (SSSR count). The summed E-state index contributed by atoms with van der Waals surface area (Å²) in [6, 6.07) is 1.85. The van der Waals surface area contributed by atoms with Gasteiger partial charge in [0.05, 0.1) is 18.8 Å². The summed E-state index contributed by atoms with van der Waals surface area (Å²) in [5, 5.41) is 0. The van der Waals surface area contributed by atoms with Gasteiger partial charge in [-0.3, -0.25) is 0 Å². The van der Waals surface area contributed by atoms with Crippen molar-refractivity contribution in [2.45, 2.75) is 12.3 Å². The monoisotopic (exact) mass is 252 g/mol. The highest BCUT2D eigenvalue weighted by Gasteiger charge is 2.34. The second-order valence-corrected chi connectivity index (χ2v) is 3.93. The van der Waals surface area contributed by atoms with Crippen LogP contribution >= 0.6 is 0 Å².